The summed E-state index contributed by atoms with van der Waals surface area (Å²) in [6, 6.07) is 4.20. The number of sulfonamides is 1. The van der Waals surface area contributed by atoms with E-state index < -0.39 is 10.0 Å². The lowest BCUT2D eigenvalue weighted by Gasteiger charge is -2.33. The van der Waals surface area contributed by atoms with Crippen LogP contribution in [-0.4, -0.2) is 87.9 Å². The predicted molar refractivity (Wildman–Crippen MR) is 111 cm³/mol. The molecule has 0 atom stereocenters. The Bertz CT molecular complexity index is 839. The first-order valence-electron chi connectivity index (χ1n) is 9.31. The Morgan fingerprint density at radius 2 is 1.86 bits per heavy atom. The van der Waals surface area contributed by atoms with Crippen molar-refractivity contribution < 1.29 is 22.7 Å². The zero-order valence-electron chi connectivity index (χ0n) is 16.9. The fourth-order valence-corrected chi connectivity index (χ4v) is 3.91. The Hall–Kier alpha value is -1.88. The SMILES string of the molecule is CCOC(=O)N1CCN(CCC(=O)Nc2cc(S(=O)(=O)N(C)C)ccc2Cl)CC1. The van der Waals surface area contributed by atoms with Crippen LogP contribution in [0.1, 0.15) is 13.3 Å². The molecule has 1 aromatic rings. The summed E-state index contributed by atoms with van der Waals surface area (Å²) in [5.41, 5.74) is 0.256. The van der Waals surface area contributed by atoms with Gasteiger partial charge in [-0.2, -0.15) is 0 Å². The first kappa shape index (κ1) is 23.4. The monoisotopic (exact) mass is 446 g/mol. The van der Waals surface area contributed by atoms with Crippen molar-refractivity contribution in [3.63, 3.8) is 0 Å². The van der Waals surface area contributed by atoms with Crippen molar-refractivity contribution in [2.24, 2.45) is 0 Å². The Labute approximate surface area is 176 Å². The first-order valence-corrected chi connectivity index (χ1v) is 11.1. The van der Waals surface area contributed by atoms with Crippen molar-refractivity contribution in [3.05, 3.63) is 23.2 Å². The molecule has 1 fully saturated rings. The number of hydrogen-bond donors (Lipinski definition) is 1. The largest absolute Gasteiger partial charge is 0.450 e. The van der Waals surface area contributed by atoms with Crippen LogP contribution in [0.25, 0.3) is 0 Å². The van der Waals surface area contributed by atoms with E-state index in [9.17, 15) is 18.0 Å². The number of amides is 2. The van der Waals surface area contributed by atoms with Gasteiger partial charge in [-0.3, -0.25) is 9.69 Å². The normalized spacial score (nSPS) is 15.4. The van der Waals surface area contributed by atoms with Crippen LogP contribution >= 0.6 is 11.6 Å². The maximum absolute atomic E-state index is 12.3. The maximum atomic E-state index is 12.3. The third kappa shape index (κ3) is 6.30. The van der Waals surface area contributed by atoms with E-state index >= 15 is 0 Å². The van der Waals surface area contributed by atoms with Crippen LogP contribution in [0.3, 0.4) is 0 Å². The van der Waals surface area contributed by atoms with Gasteiger partial charge < -0.3 is 15.0 Å². The van der Waals surface area contributed by atoms with Crippen LogP contribution < -0.4 is 5.32 Å². The topological polar surface area (TPSA) is 99.3 Å². The molecule has 0 unspecified atom stereocenters. The fourth-order valence-electron chi connectivity index (χ4n) is 2.81. The van der Waals surface area contributed by atoms with E-state index in [1.165, 1.54) is 32.3 Å². The summed E-state index contributed by atoms with van der Waals surface area (Å²) in [6.07, 6.45) is -0.0903. The van der Waals surface area contributed by atoms with E-state index in [0.29, 0.717) is 39.3 Å². The molecule has 1 saturated heterocycles. The molecule has 0 saturated carbocycles. The van der Waals surface area contributed by atoms with Gasteiger partial charge in [-0.1, -0.05) is 11.6 Å². The molecule has 0 bridgehead atoms. The van der Waals surface area contributed by atoms with Crippen molar-refractivity contribution in [2.75, 3.05) is 58.7 Å². The molecule has 1 heterocycles. The highest BCUT2D eigenvalue weighted by Crippen LogP contribution is 2.26. The highest BCUT2D eigenvalue weighted by atomic mass is 35.5. The lowest BCUT2D eigenvalue weighted by molar-refractivity contribution is -0.116. The smallest absolute Gasteiger partial charge is 0.409 e. The number of nitrogens with one attached hydrogen (secondary N) is 1. The van der Waals surface area contributed by atoms with Crippen LogP contribution in [0.2, 0.25) is 5.02 Å². The second-order valence-electron chi connectivity index (χ2n) is 6.75. The highest BCUT2D eigenvalue weighted by molar-refractivity contribution is 7.89. The van der Waals surface area contributed by atoms with Gasteiger partial charge in [0, 0.05) is 53.2 Å². The van der Waals surface area contributed by atoms with Gasteiger partial charge >= 0.3 is 6.09 Å². The van der Waals surface area contributed by atoms with Gasteiger partial charge in [-0.05, 0) is 25.1 Å². The molecule has 2 amide bonds. The van der Waals surface area contributed by atoms with E-state index in [-0.39, 0.29) is 34.0 Å². The van der Waals surface area contributed by atoms with Crippen molar-refractivity contribution in [1.82, 2.24) is 14.1 Å². The average molecular weight is 447 g/mol. The summed E-state index contributed by atoms with van der Waals surface area (Å²) in [4.78, 5) is 27.8. The summed E-state index contributed by atoms with van der Waals surface area (Å²) >= 11 is 6.11. The molecule has 1 aliphatic heterocycles. The lowest BCUT2D eigenvalue weighted by atomic mass is 10.2. The number of rotatable bonds is 7. The number of nitrogens with zero attached hydrogens (tertiary/aromatic N) is 3. The summed E-state index contributed by atoms with van der Waals surface area (Å²) in [5, 5.41) is 2.94. The molecule has 1 aliphatic rings. The van der Waals surface area contributed by atoms with Gasteiger partial charge in [0.15, 0.2) is 0 Å². The average Bonchev–Trinajstić information content (AvgIpc) is 2.68. The second-order valence-corrected chi connectivity index (χ2v) is 9.31. The molecule has 11 heteroatoms. The summed E-state index contributed by atoms with van der Waals surface area (Å²) < 4.78 is 30.6. The second kappa shape index (κ2) is 10.2. The quantitative estimate of drug-likeness (QED) is 0.684. The molecular weight excluding hydrogens is 420 g/mol. The first-order chi connectivity index (χ1) is 13.6. The van der Waals surface area contributed by atoms with Gasteiger partial charge in [0.05, 0.1) is 22.2 Å². The summed E-state index contributed by atoms with van der Waals surface area (Å²) in [6.45, 7) is 5.06. The van der Waals surface area contributed by atoms with Crippen molar-refractivity contribution in [1.29, 1.82) is 0 Å². The van der Waals surface area contributed by atoms with E-state index in [4.69, 9.17) is 16.3 Å². The maximum Gasteiger partial charge on any atom is 0.409 e. The van der Waals surface area contributed by atoms with E-state index in [1.54, 1.807) is 11.8 Å². The minimum absolute atomic E-state index is 0.0530. The zero-order chi connectivity index (χ0) is 21.6. The Morgan fingerprint density at radius 1 is 1.21 bits per heavy atom. The molecule has 0 spiro atoms. The van der Waals surface area contributed by atoms with Crippen molar-refractivity contribution in [3.8, 4) is 0 Å². The van der Waals surface area contributed by atoms with Gasteiger partial charge in [0.2, 0.25) is 15.9 Å². The minimum atomic E-state index is -3.63. The zero-order valence-corrected chi connectivity index (χ0v) is 18.4. The van der Waals surface area contributed by atoms with Gasteiger partial charge in [0.1, 0.15) is 0 Å². The van der Waals surface area contributed by atoms with Gasteiger partial charge in [-0.15, -0.1) is 0 Å². The van der Waals surface area contributed by atoms with Crippen LogP contribution in [0, 0.1) is 0 Å². The molecule has 0 radical (unpaired) electrons. The summed E-state index contributed by atoms with van der Waals surface area (Å²) in [7, 11) is -0.756. The van der Waals surface area contributed by atoms with Crippen LogP contribution in [0.15, 0.2) is 23.1 Å². The Morgan fingerprint density at radius 3 is 2.45 bits per heavy atom. The van der Waals surface area contributed by atoms with E-state index in [2.05, 4.69) is 10.2 Å². The number of hydrogen-bond acceptors (Lipinski definition) is 6. The molecule has 2 rings (SSSR count). The molecule has 9 nitrogen and oxygen atoms in total. The van der Waals surface area contributed by atoms with E-state index in [0.717, 1.165) is 4.31 Å². The molecule has 162 valence electrons. The molecule has 1 N–H and O–H groups in total. The van der Waals surface area contributed by atoms with Crippen LogP contribution in [-0.2, 0) is 19.6 Å². The number of anilines is 1. The van der Waals surface area contributed by atoms with Crippen LogP contribution in [0.4, 0.5) is 10.5 Å². The fraction of sp³-hybridized carbons (Fsp3) is 0.556. The predicted octanol–water partition coefficient (Wildman–Crippen LogP) is 1.69. The van der Waals surface area contributed by atoms with Crippen LogP contribution in [0.5, 0.6) is 0 Å². The number of carbonyl (C=O) groups excluding carboxylic acids is 2. The Balaban J connectivity index is 1.88. The molecule has 29 heavy (non-hydrogen) atoms. The van der Waals surface area contributed by atoms with Crippen molar-refractivity contribution in [2.45, 2.75) is 18.2 Å². The lowest BCUT2D eigenvalue weighted by Crippen LogP contribution is -2.49. The standard InChI is InChI=1S/C18H27ClN4O5S/c1-4-28-18(25)23-11-9-22(10-12-23)8-7-17(24)20-16-13-14(5-6-15(16)19)29(26,27)21(2)3/h5-6,13H,4,7-12H2,1-3H3,(H,20,24). The van der Waals surface area contributed by atoms with Gasteiger partial charge in [-0.25, -0.2) is 17.5 Å². The van der Waals surface area contributed by atoms with Crippen molar-refractivity contribution >= 4 is 39.3 Å². The number of piperazine rings is 1. The molecule has 1 aromatic carbocycles. The number of benzene rings is 1. The molecular formula is C18H27ClN4O5S. The summed E-state index contributed by atoms with van der Waals surface area (Å²) in [5.74, 6) is -0.265. The minimum Gasteiger partial charge on any atom is -0.450 e. The third-order valence-corrected chi connectivity index (χ3v) is 6.68. The number of halogens is 1. The number of carbonyl (C=O) groups is 2. The Kier molecular flexibility index (Phi) is 8.26. The van der Waals surface area contributed by atoms with E-state index in [1.807, 2.05) is 0 Å². The molecule has 0 aromatic heterocycles. The van der Waals surface area contributed by atoms with Gasteiger partial charge in [0.25, 0.3) is 0 Å². The number of ether oxygens (including phenoxy) is 1. The molecule has 0 aliphatic carbocycles. The highest BCUT2D eigenvalue weighted by Gasteiger charge is 2.23. The third-order valence-electron chi connectivity index (χ3n) is 4.54.